The van der Waals surface area contributed by atoms with E-state index in [1.807, 2.05) is 6.92 Å². The first-order valence-electron chi connectivity index (χ1n) is 6.54. The van der Waals surface area contributed by atoms with E-state index in [4.69, 9.17) is 0 Å². The summed E-state index contributed by atoms with van der Waals surface area (Å²) in [6.07, 6.45) is 0.622. The molecule has 0 fully saturated rings. The average Bonchev–Trinajstić information content (AvgIpc) is 2.43. The zero-order valence-corrected chi connectivity index (χ0v) is 12.5. The van der Waals surface area contributed by atoms with Gasteiger partial charge >= 0.3 is 5.97 Å². The lowest BCUT2D eigenvalue weighted by Gasteiger charge is -2.23. The van der Waals surface area contributed by atoms with Gasteiger partial charge in [0.15, 0.2) is 6.04 Å². The molecule has 2 atom stereocenters. The van der Waals surface area contributed by atoms with E-state index in [9.17, 15) is 18.3 Å². The third-order valence-corrected chi connectivity index (χ3v) is 4.76. The van der Waals surface area contributed by atoms with Gasteiger partial charge in [-0.2, -0.15) is 0 Å². The van der Waals surface area contributed by atoms with E-state index in [1.54, 1.807) is 25.1 Å². The van der Waals surface area contributed by atoms with Crippen LogP contribution < -0.4 is 10.0 Å². The molecule has 0 radical (unpaired) electrons. The molecule has 1 aliphatic rings. The smallest absolute Gasteiger partial charge is 0.328 e. The highest BCUT2D eigenvalue weighted by molar-refractivity contribution is 7.90. The summed E-state index contributed by atoms with van der Waals surface area (Å²) in [6.45, 7) is 3.61. The molecule has 2 rings (SSSR count). The van der Waals surface area contributed by atoms with Gasteiger partial charge in [0.05, 0.1) is 5.69 Å². The van der Waals surface area contributed by atoms with Crippen LogP contribution >= 0.6 is 0 Å². The third-order valence-electron chi connectivity index (χ3n) is 3.36. The maximum atomic E-state index is 12.1. The van der Waals surface area contributed by atoms with Crippen molar-refractivity contribution in [3.63, 3.8) is 0 Å². The second-order valence-electron chi connectivity index (χ2n) is 4.87. The normalized spacial score (nSPS) is 20.8. The molecular formula is C13H17N3O4S. The first-order valence-corrected chi connectivity index (χ1v) is 8.03. The van der Waals surface area contributed by atoms with Crippen molar-refractivity contribution in [2.75, 3.05) is 5.32 Å². The Morgan fingerprint density at radius 1 is 1.38 bits per heavy atom. The van der Waals surface area contributed by atoms with Crippen LogP contribution in [0.15, 0.2) is 34.2 Å². The molecule has 8 heteroatoms. The van der Waals surface area contributed by atoms with E-state index >= 15 is 0 Å². The van der Waals surface area contributed by atoms with Gasteiger partial charge in [-0.05, 0) is 18.1 Å². The number of anilines is 1. The quantitative estimate of drug-likeness (QED) is 0.775. The second-order valence-corrected chi connectivity index (χ2v) is 6.52. The van der Waals surface area contributed by atoms with Crippen LogP contribution in [0.1, 0.15) is 20.3 Å². The largest absolute Gasteiger partial charge is 0.480 e. The van der Waals surface area contributed by atoms with Crippen molar-refractivity contribution in [3.8, 4) is 0 Å². The number of carboxylic acids is 1. The van der Waals surface area contributed by atoms with Gasteiger partial charge in [-0.25, -0.2) is 22.9 Å². The molecule has 0 amide bonds. The van der Waals surface area contributed by atoms with Gasteiger partial charge in [0, 0.05) is 0 Å². The van der Waals surface area contributed by atoms with E-state index in [1.165, 1.54) is 6.07 Å². The summed E-state index contributed by atoms with van der Waals surface area (Å²) in [4.78, 5) is 15.4. The van der Waals surface area contributed by atoms with Gasteiger partial charge < -0.3 is 10.4 Å². The van der Waals surface area contributed by atoms with Crippen molar-refractivity contribution >= 4 is 27.6 Å². The number of aliphatic carboxylic acids is 1. The Hall–Kier alpha value is -2.09. The summed E-state index contributed by atoms with van der Waals surface area (Å²) >= 11 is 0. The minimum absolute atomic E-state index is 0.0681. The fraction of sp³-hybridized carbons (Fsp3) is 0.385. The van der Waals surface area contributed by atoms with Crippen LogP contribution in [0, 0.1) is 5.92 Å². The maximum Gasteiger partial charge on any atom is 0.328 e. The van der Waals surface area contributed by atoms with Crippen LogP contribution in [-0.4, -0.2) is 31.5 Å². The number of benzene rings is 1. The molecule has 7 nitrogen and oxygen atoms in total. The Labute approximate surface area is 123 Å². The Morgan fingerprint density at radius 3 is 2.67 bits per heavy atom. The number of nitrogens with one attached hydrogen (secondary N) is 2. The first kappa shape index (κ1) is 15.3. The summed E-state index contributed by atoms with van der Waals surface area (Å²) in [6, 6.07) is 5.35. The van der Waals surface area contributed by atoms with E-state index in [2.05, 4.69) is 15.0 Å². The van der Waals surface area contributed by atoms with Crippen LogP contribution in [0.25, 0.3) is 0 Å². The van der Waals surface area contributed by atoms with Crippen LogP contribution in [0.5, 0.6) is 0 Å². The summed E-state index contributed by atoms with van der Waals surface area (Å²) in [5, 5.41) is 12.0. The maximum absolute atomic E-state index is 12.1. The Bertz CT molecular complexity index is 684. The molecule has 114 valence electrons. The summed E-state index contributed by atoms with van der Waals surface area (Å²) in [5.41, 5.74) is 0.378. The fourth-order valence-corrected chi connectivity index (χ4v) is 3.12. The molecule has 0 aromatic heterocycles. The Morgan fingerprint density at radius 2 is 2.05 bits per heavy atom. The zero-order chi connectivity index (χ0) is 15.6. The highest BCUT2D eigenvalue weighted by atomic mass is 32.2. The molecule has 1 heterocycles. The van der Waals surface area contributed by atoms with Crippen molar-refractivity contribution in [1.29, 1.82) is 0 Å². The molecule has 1 aromatic rings. The van der Waals surface area contributed by atoms with Gasteiger partial charge in [-0.15, -0.1) is 0 Å². The van der Waals surface area contributed by atoms with Crippen molar-refractivity contribution < 1.29 is 18.3 Å². The lowest BCUT2D eigenvalue weighted by atomic mass is 10.0. The Balaban J connectivity index is 2.39. The number of rotatable bonds is 4. The topological polar surface area (TPSA) is 108 Å². The number of carboxylic acid groups (broad SMARTS) is 1. The number of carbonyl (C=O) groups is 1. The van der Waals surface area contributed by atoms with Gasteiger partial charge in [-0.1, -0.05) is 32.4 Å². The monoisotopic (exact) mass is 311 g/mol. The molecule has 0 spiro atoms. The van der Waals surface area contributed by atoms with Crippen LogP contribution in [0.4, 0.5) is 5.69 Å². The second kappa shape index (κ2) is 5.72. The van der Waals surface area contributed by atoms with Crippen molar-refractivity contribution in [2.45, 2.75) is 31.2 Å². The summed E-state index contributed by atoms with van der Waals surface area (Å²) < 4.78 is 26.5. The Kier molecular flexibility index (Phi) is 4.17. The average molecular weight is 311 g/mol. The van der Waals surface area contributed by atoms with E-state index < -0.39 is 22.0 Å². The molecule has 2 unspecified atom stereocenters. The van der Waals surface area contributed by atoms with Gasteiger partial charge in [0.2, 0.25) is 5.96 Å². The van der Waals surface area contributed by atoms with E-state index in [0.717, 1.165) is 0 Å². The summed E-state index contributed by atoms with van der Waals surface area (Å²) in [7, 11) is -3.73. The SMILES string of the molecule is CCC(C)C(N=C1Nc2ccccc2S(=O)(=O)N1)C(=O)O. The van der Waals surface area contributed by atoms with Gasteiger partial charge in [-0.3, -0.25) is 0 Å². The molecule has 21 heavy (non-hydrogen) atoms. The third kappa shape index (κ3) is 3.15. The standard InChI is InChI=1S/C13H17N3O4S/c1-3-8(2)11(12(17)18)15-13-14-9-6-4-5-7-10(9)21(19,20)16-13/h4-8,11H,3H2,1-2H3,(H,17,18)(H2,14,15,16). The molecule has 1 aliphatic heterocycles. The molecule has 0 saturated heterocycles. The number of fused-ring (bicyclic) bond motifs is 1. The molecule has 1 aromatic carbocycles. The first-order chi connectivity index (χ1) is 9.85. The molecule has 0 saturated carbocycles. The summed E-state index contributed by atoms with van der Waals surface area (Å²) in [5.74, 6) is -1.36. The zero-order valence-electron chi connectivity index (χ0n) is 11.7. The number of nitrogens with zero attached hydrogens (tertiary/aromatic N) is 1. The van der Waals surface area contributed by atoms with Crippen molar-refractivity contribution in [3.05, 3.63) is 24.3 Å². The minimum atomic E-state index is -3.73. The molecular weight excluding hydrogens is 294 g/mol. The van der Waals surface area contributed by atoms with Crippen LogP contribution in [0.2, 0.25) is 0 Å². The van der Waals surface area contributed by atoms with Crippen LogP contribution in [-0.2, 0) is 14.8 Å². The van der Waals surface area contributed by atoms with Gasteiger partial charge in [0.1, 0.15) is 4.90 Å². The molecule has 3 N–H and O–H groups in total. The number of hydrogen-bond donors (Lipinski definition) is 3. The van der Waals surface area contributed by atoms with Crippen molar-refractivity contribution in [1.82, 2.24) is 4.72 Å². The lowest BCUT2D eigenvalue weighted by Crippen LogP contribution is -2.42. The number of para-hydroxylation sites is 1. The van der Waals surface area contributed by atoms with E-state index in [-0.39, 0.29) is 16.8 Å². The molecule has 0 bridgehead atoms. The predicted molar refractivity (Wildman–Crippen MR) is 78.7 cm³/mol. The lowest BCUT2D eigenvalue weighted by molar-refractivity contribution is -0.139. The fourth-order valence-electron chi connectivity index (χ4n) is 1.99. The number of hydrogen-bond acceptors (Lipinski definition) is 4. The highest BCUT2D eigenvalue weighted by Crippen LogP contribution is 2.24. The van der Waals surface area contributed by atoms with E-state index in [0.29, 0.717) is 12.1 Å². The predicted octanol–water partition coefficient (Wildman–Crippen LogP) is 1.25. The minimum Gasteiger partial charge on any atom is -0.480 e. The number of aliphatic imine (C=N–C) groups is 1. The van der Waals surface area contributed by atoms with Gasteiger partial charge in [0.25, 0.3) is 10.0 Å². The van der Waals surface area contributed by atoms with Crippen molar-refractivity contribution in [2.24, 2.45) is 10.9 Å². The molecule has 0 aliphatic carbocycles. The number of guanidine groups is 1. The highest BCUT2D eigenvalue weighted by Gasteiger charge is 2.29. The number of sulfonamides is 1. The van der Waals surface area contributed by atoms with Crippen LogP contribution in [0.3, 0.4) is 0 Å².